The lowest BCUT2D eigenvalue weighted by molar-refractivity contribution is -0.268. The second kappa shape index (κ2) is 17.4. The Morgan fingerprint density at radius 2 is 1.60 bits per heavy atom. The molecule has 0 radical (unpaired) electrons. The average molecular weight is 800 g/mol. The molecule has 2 aliphatic heterocycles. The second-order valence-corrected chi connectivity index (χ2v) is 16.5. The number of rotatable bonds is 12. The Labute approximate surface area is 338 Å². The van der Waals surface area contributed by atoms with Crippen molar-refractivity contribution in [3.05, 3.63) is 155 Å². The summed E-state index contributed by atoms with van der Waals surface area (Å²) in [4.78, 5) is 44.5. The summed E-state index contributed by atoms with van der Waals surface area (Å²) in [6.07, 6.45) is -1.86. The molecule has 2 aliphatic rings. The number of aliphatic hydroxyl groups excluding tert-OH is 1. The molecule has 2 N–H and O–H groups in total. The third-order valence-electron chi connectivity index (χ3n) is 10.3. The first-order valence-corrected chi connectivity index (χ1v) is 20.6. The van der Waals surface area contributed by atoms with Crippen molar-refractivity contribution in [2.24, 2.45) is 5.92 Å². The van der Waals surface area contributed by atoms with Gasteiger partial charge in [-0.25, -0.2) is 9.78 Å². The number of hydrogen-bond acceptors (Lipinski definition) is 10. The number of aliphatic hydroxyl groups is 1. The summed E-state index contributed by atoms with van der Waals surface area (Å²) in [5.74, 6) is -0.0790. The first-order valence-electron chi connectivity index (χ1n) is 18.8. The van der Waals surface area contributed by atoms with E-state index in [9.17, 15) is 19.5 Å². The number of benzene rings is 5. The van der Waals surface area contributed by atoms with Gasteiger partial charge in [-0.15, -0.1) is 11.3 Å². The van der Waals surface area contributed by atoms with Crippen LogP contribution >= 0.6 is 23.1 Å². The van der Waals surface area contributed by atoms with Crippen LogP contribution in [0.25, 0.3) is 21.3 Å². The van der Waals surface area contributed by atoms with Gasteiger partial charge in [0.2, 0.25) is 5.91 Å². The number of para-hydroxylation sites is 1. The van der Waals surface area contributed by atoms with Gasteiger partial charge < -0.3 is 24.6 Å². The topological polar surface area (TPSA) is 127 Å². The highest BCUT2D eigenvalue weighted by molar-refractivity contribution is 8.01. The van der Waals surface area contributed by atoms with Gasteiger partial charge in [-0.3, -0.25) is 14.5 Å². The van der Waals surface area contributed by atoms with Gasteiger partial charge in [0.1, 0.15) is 12.6 Å². The normalized spacial score (nSPS) is 20.9. The van der Waals surface area contributed by atoms with Crippen molar-refractivity contribution in [1.29, 1.82) is 0 Å². The molecule has 0 aliphatic carbocycles. The van der Waals surface area contributed by atoms with Crippen molar-refractivity contribution >= 4 is 51.2 Å². The lowest BCUT2D eigenvalue weighted by Gasteiger charge is -2.41. The minimum atomic E-state index is -0.978. The number of fused-ring (bicyclic) bond motifs is 1. The van der Waals surface area contributed by atoms with Crippen LogP contribution in [0.2, 0.25) is 0 Å². The van der Waals surface area contributed by atoms with Crippen molar-refractivity contribution in [3.8, 4) is 11.1 Å². The van der Waals surface area contributed by atoms with Crippen LogP contribution in [0.5, 0.6) is 0 Å². The number of hydrogen-bond donors (Lipinski definition) is 2. The predicted octanol–water partition coefficient (Wildman–Crippen LogP) is 8.59. The van der Waals surface area contributed by atoms with Crippen molar-refractivity contribution in [3.63, 3.8) is 0 Å². The van der Waals surface area contributed by atoms with Crippen molar-refractivity contribution < 1.29 is 33.7 Å². The third kappa shape index (κ3) is 8.96. The molecule has 5 aromatic carbocycles. The van der Waals surface area contributed by atoms with Crippen molar-refractivity contribution in [2.75, 3.05) is 5.75 Å². The number of carbonyl (C=O) groups is 3. The number of likely N-dealkylation sites (tertiary alicyclic amines) is 1. The van der Waals surface area contributed by atoms with E-state index in [0.717, 1.165) is 53.5 Å². The summed E-state index contributed by atoms with van der Waals surface area (Å²) < 4.78 is 20.8. The summed E-state index contributed by atoms with van der Waals surface area (Å²) in [7, 11) is 0. The molecule has 2 fully saturated rings. The molecule has 6 aromatic rings. The van der Waals surface area contributed by atoms with Crippen LogP contribution in [0.4, 0.5) is 4.79 Å². The number of nitrogens with zero attached hydrogens (tertiary/aromatic N) is 2. The Morgan fingerprint density at radius 1 is 0.860 bits per heavy atom. The molecule has 12 heteroatoms. The first-order chi connectivity index (χ1) is 27.8. The largest absolute Gasteiger partial charge is 0.445 e. The molecule has 0 saturated carbocycles. The van der Waals surface area contributed by atoms with Gasteiger partial charge in [0, 0.05) is 17.2 Å². The summed E-state index contributed by atoms with van der Waals surface area (Å²) >= 11 is 3.38. The van der Waals surface area contributed by atoms with Crippen LogP contribution in [0.15, 0.2) is 132 Å². The van der Waals surface area contributed by atoms with E-state index in [-0.39, 0.29) is 50.2 Å². The van der Waals surface area contributed by atoms with Crippen LogP contribution in [0.3, 0.4) is 0 Å². The number of ether oxygens (including phenoxy) is 3. The quantitative estimate of drug-likeness (QED) is 0.0925. The fourth-order valence-corrected chi connectivity index (χ4v) is 9.37. The lowest BCUT2D eigenvalue weighted by Crippen LogP contribution is -2.41. The van der Waals surface area contributed by atoms with Gasteiger partial charge in [-0.05, 0) is 51.6 Å². The molecule has 57 heavy (non-hydrogen) atoms. The van der Waals surface area contributed by atoms with E-state index in [1.807, 2.05) is 121 Å². The molecule has 10 nitrogen and oxygen atoms in total. The maximum atomic E-state index is 13.2. The summed E-state index contributed by atoms with van der Waals surface area (Å²) in [6.45, 7) is 2.27. The van der Waals surface area contributed by atoms with Gasteiger partial charge in [-0.1, -0.05) is 128 Å². The molecule has 8 rings (SSSR count). The monoisotopic (exact) mass is 799 g/mol. The number of thioether (sulfide) groups is 1. The minimum absolute atomic E-state index is 0.0237. The van der Waals surface area contributed by atoms with Gasteiger partial charge in [0.15, 0.2) is 10.6 Å². The number of carbonyl (C=O) groups excluding carboxylic acids is 3. The number of thiazole rings is 1. The van der Waals surface area contributed by atoms with E-state index < -0.39 is 24.3 Å². The number of imide groups is 1. The van der Waals surface area contributed by atoms with Gasteiger partial charge in [0.05, 0.1) is 42.0 Å². The molecule has 2 saturated heterocycles. The molecular formula is C45H41N3O7S2. The van der Waals surface area contributed by atoms with Crippen LogP contribution in [0, 0.1) is 5.92 Å². The smallest absolute Gasteiger partial charge is 0.408 e. The summed E-state index contributed by atoms with van der Waals surface area (Å²) in [6, 6.07) is 40.1. The predicted molar refractivity (Wildman–Crippen MR) is 219 cm³/mol. The van der Waals surface area contributed by atoms with Crippen molar-refractivity contribution in [2.45, 2.75) is 62.0 Å². The third-order valence-corrected chi connectivity index (χ3v) is 12.6. The number of alkyl carbamates (subject to hydrolysis) is 1. The Bertz CT molecular complexity index is 2320. The molecule has 3 amide bonds. The minimum Gasteiger partial charge on any atom is -0.445 e. The fraction of sp³-hybridized carbons (Fsp3) is 0.244. The van der Waals surface area contributed by atoms with E-state index in [1.165, 1.54) is 4.90 Å². The number of amides is 3. The molecule has 0 spiro atoms. The zero-order chi connectivity index (χ0) is 39.3. The fourth-order valence-electron chi connectivity index (χ4n) is 7.11. The van der Waals surface area contributed by atoms with Crippen LogP contribution in [0.1, 0.15) is 53.6 Å². The summed E-state index contributed by atoms with van der Waals surface area (Å²) in [5, 5.41) is 12.2. The Balaban J connectivity index is 0.937. The Hall–Kier alpha value is -5.37. The van der Waals surface area contributed by atoms with E-state index in [4.69, 9.17) is 19.2 Å². The Morgan fingerprint density at radius 3 is 2.37 bits per heavy atom. The van der Waals surface area contributed by atoms with Crippen LogP contribution in [-0.2, 0) is 43.6 Å². The first kappa shape index (κ1) is 38.5. The van der Waals surface area contributed by atoms with Gasteiger partial charge in [0.25, 0.3) is 5.91 Å². The standard InChI is InChI=1S/C45H41N3O7S2/c1-28-38(27-56-45-47-36-12-5-6-13-39(36)57-45)54-43(55-41(28)33-16-14-29(25-49)15-17-33)34-20-18-32(19-21-34)35-11-7-10-31(22-35)24-48-40(50)23-37(42(48)51)46-44(52)53-26-30-8-3-2-4-9-30/h2-22,28,37-38,41,43,49H,23-27H2,1H3,(H,46,52). The molecule has 1 aromatic heterocycles. The molecular weight excluding hydrogens is 759 g/mol. The second-order valence-electron chi connectivity index (χ2n) is 14.2. The molecule has 5 unspecified atom stereocenters. The lowest BCUT2D eigenvalue weighted by atomic mass is 9.91. The highest BCUT2D eigenvalue weighted by Gasteiger charge is 2.40. The van der Waals surface area contributed by atoms with E-state index >= 15 is 0 Å². The number of nitrogens with one attached hydrogen (secondary N) is 1. The zero-order valence-electron chi connectivity index (χ0n) is 31.2. The average Bonchev–Trinajstić information content (AvgIpc) is 3.78. The molecule has 290 valence electrons. The van der Waals surface area contributed by atoms with Gasteiger partial charge in [-0.2, -0.15) is 0 Å². The summed E-state index contributed by atoms with van der Waals surface area (Å²) in [5.41, 5.74) is 7.20. The maximum Gasteiger partial charge on any atom is 0.408 e. The Kier molecular flexibility index (Phi) is 11.8. The van der Waals surface area contributed by atoms with Crippen LogP contribution in [-0.4, -0.2) is 50.8 Å². The highest BCUT2D eigenvalue weighted by atomic mass is 32.2. The molecule has 5 atom stereocenters. The highest BCUT2D eigenvalue weighted by Crippen LogP contribution is 2.44. The van der Waals surface area contributed by atoms with Gasteiger partial charge >= 0.3 is 6.09 Å². The zero-order valence-corrected chi connectivity index (χ0v) is 32.8. The maximum absolute atomic E-state index is 13.2. The number of aromatic nitrogens is 1. The molecule has 0 bridgehead atoms. The van der Waals surface area contributed by atoms with Crippen molar-refractivity contribution in [1.82, 2.24) is 15.2 Å². The van der Waals surface area contributed by atoms with Crippen LogP contribution < -0.4 is 5.32 Å². The van der Waals surface area contributed by atoms with E-state index in [2.05, 4.69) is 18.3 Å². The van der Waals surface area contributed by atoms with E-state index in [1.54, 1.807) is 23.1 Å². The SMILES string of the molecule is CC1C(CSc2nc3ccccc3s2)OC(c2ccc(-c3cccc(CN4C(=O)CC(NC(=O)OCc5ccccc5)C4=O)c3)cc2)OC1c1ccc(CO)cc1. The van der Waals surface area contributed by atoms with E-state index in [0.29, 0.717) is 5.75 Å². The molecule has 3 heterocycles.